The van der Waals surface area contributed by atoms with Gasteiger partial charge in [0.1, 0.15) is 11.6 Å². The molecule has 11 nitrogen and oxygen atoms in total. The maximum Gasteiger partial charge on any atom is 0.461 e. The average Bonchev–Trinajstić information content (AvgIpc) is 3.62. The number of pyridine rings is 1. The highest BCUT2D eigenvalue weighted by atomic mass is 32.2. The molecule has 2 heterocycles. The van der Waals surface area contributed by atoms with Crippen molar-refractivity contribution in [1.82, 2.24) is 9.88 Å². The third-order valence-corrected chi connectivity index (χ3v) is 9.38. The number of anilines is 3. The lowest BCUT2D eigenvalue weighted by Gasteiger charge is -2.27. The van der Waals surface area contributed by atoms with Gasteiger partial charge in [-0.25, -0.2) is 18.2 Å². The van der Waals surface area contributed by atoms with Crippen LogP contribution in [0.1, 0.15) is 31.4 Å². The van der Waals surface area contributed by atoms with Crippen LogP contribution in [0.25, 0.3) is 10.8 Å². The smallest absolute Gasteiger partial charge is 0.453 e. The van der Waals surface area contributed by atoms with Crippen molar-refractivity contribution in [3.63, 3.8) is 0 Å². The number of benzene rings is 3. The Bertz CT molecular complexity index is 1930. The molecule has 5 rings (SSSR count). The standard InChI is InChI=1S/C25H29N5O5S.C8H6F4O.C2H2/c1-3-36(33,34)22-9-7-18(29-25(32)35-2)14-20(22)21-5-4-12-30(21)23(31)15-28-17-6-8-19-16(13-17)10-11-27-24(19)26;9-7(10)8(11,12)13-6-4-2-1-3-5-6;1-2/h6-11,13-14,21,28H,3-5,12,15H2,1-2H3,(H2,26,27)(H,29,32);1-5,7H;1-2H/t21-;;/m1../s1. The number of rotatable bonds is 10. The summed E-state index contributed by atoms with van der Waals surface area (Å²) in [4.78, 5) is 30.9. The number of sulfone groups is 1. The van der Waals surface area contributed by atoms with Gasteiger partial charge in [0.25, 0.3) is 0 Å². The minimum atomic E-state index is -4.43. The van der Waals surface area contributed by atoms with Crippen LogP contribution in [0.4, 0.5) is 39.5 Å². The topological polar surface area (TPSA) is 153 Å². The number of para-hydroxylation sites is 1. The van der Waals surface area contributed by atoms with E-state index in [9.17, 15) is 35.6 Å². The average molecular weight is 732 g/mol. The quantitative estimate of drug-likeness (QED) is 0.119. The van der Waals surface area contributed by atoms with Gasteiger partial charge in [0.05, 0.1) is 30.3 Å². The van der Waals surface area contributed by atoms with Gasteiger partial charge >= 0.3 is 18.6 Å². The maximum absolute atomic E-state index is 13.3. The number of amides is 2. The summed E-state index contributed by atoms with van der Waals surface area (Å²) in [6.07, 6.45) is 2.06. The van der Waals surface area contributed by atoms with Crippen LogP contribution in [0, 0.1) is 12.8 Å². The third kappa shape index (κ3) is 10.5. The Morgan fingerprint density at radius 1 is 1.06 bits per heavy atom. The number of fused-ring (bicyclic) bond motifs is 1. The van der Waals surface area contributed by atoms with Gasteiger partial charge in [-0.15, -0.1) is 12.8 Å². The van der Waals surface area contributed by atoms with E-state index in [1.165, 1.54) is 43.5 Å². The Labute approximate surface area is 293 Å². The summed E-state index contributed by atoms with van der Waals surface area (Å²) in [5.41, 5.74) is 7.56. The van der Waals surface area contributed by atoms with Gasteiger partial charge in [-0.2, -0.15) is 17.6 Å². The summed E-state index contributed by atoms with van der Waals surface area (Å²) in [5.74, 6) is -0.0730. The summed E-state index contributed by atoms with van der Waals surface area (Å²) < 4.78 is 81.9. The van der Waals surface area contributed by atoms with E-state index >= 15 is 0 Å². The van der Waals surface area contributed by atoms with Crippen molar-refractivity contribution >= 4 is 49.8 Å². The normalized spacial score (nSPS) is 14.1. The second-order valence-corrected chi connectivity index (χ2v) is 13.0. The lowest BCUT2D eigenvalue weighted by molar-refractivity contribution is -0.253. The van der Waals surface area contributed by atoms with Crippen molar-refractivity contribution in [2.45, 2.75) is 43.2 Å². The van der Waals surface area contributed by atoms with Crippen molar-refractivity contribution in [3.05, 3.63) is 84.6 Å². The molecule has 51 heavy (non-hydrogen) atoms. The molecule has 1 fully saturated rings. The molecule has 4 aromatic rings. The number of alkyl halides is 4. The molecule has 0 saturated carbocycles. The number of halogens is 4. The van der Waals surface area contributed by atoms with Crippen LogP contribution in [-0.2, 0) is 19.4 Å². The van der Waals surface area contributed by atoms with E-state index in [0.717, 1.165) is 22.9 Å². The van der Waals surface area contributed by atoms with E-state index < -0.39 is 34.5 Å². The lowest BCUT2D eigenvalue weighted by atomic mass is 10.0. The van der Waals surface area contributed by atoms with Gasteiger partial charge in [0, 0.05) is 29.5 Å². The number of nitrogens with two attached hydrogens (primary N) is 1. The van der Waals surface area contributed by atoms with Gasteiger partial charge in [-0.1, -0.05) is 25.1 Å². The molecule has 272 valence electrons. The highest BCUT2D eigenvalue weighted by Gasteiger charge is 2.43. The molecule has 0 bridgehead atoms. The number of terminal acetylenes is 1. The maximum atomic E-state index is 13.3. The van der Waals surface area contributed by atoms with Crippen molar-refractivity contribution < 1.29 is 45.0 Å². The zero-order valence-corrected chi connectivity index (χ0v) is 28.5. The van der Waals surface area contributed by atoms with Gasteiger partial charge < -0.3 is 25.4 Å². The van der Waals surface area contributed by atoms with Crippen LogP contribution in [0.15, 0.2) is 83.9 Å². The Hall–Kier alpha value is -5.56. The number of methoxy groups -OCH3 is 1. The van der Waals surface area contributed by atoms with Gasteiger partial charge in [0.2, 0.25) is 5.91 Å². The van der Waals surface area contributed by atoms with Crippen LogP contribution < -0.4 is 21.1 Å². The predicted octanol–water partition coefficient (Wildman–Crippen LogP) is 6.74. The zero-order chi connectivity index (χ0) is 37.8. The second kappa shape index (κ2) is 17.9. The summed E-state index contributed by atoms with van der Waals surface area (Å²) in [6.45, 7) is 2.12. The van der Waals surface area contributed by atoms with Crippen molar-refractivity contribution in [2.75, 3.05) is 42.3 Å². The van der Waals surface area contributed by atoms with Gasteiger partial charge in [0.15, 0.2) is 9.84 Å². The van der Waals surface area contributed by atoms with Crippen LogP contribution in [0.3, 0.4) is 0 Å². The number of hydrogen-bond acceptors (Lipinski definition) is 9. The number of hydrogen-bond donors (Lipinski definition) is 3. The number of nitrogens with zero attached hydrogens (tertiary/aromatic N) is 2. The molecule has 1 atom stereocenters. The molecule has 0 aliphatic carbocycles. The van der Waals surface area contributed by atoms with Crippen molar-refractivity contribution in [3.8, 4) is 18.6 Å². The molecule has 2 amide bonds. The fourth-order valence-electron chi connectivity index (χ4n) is 5.16. The van der Waals surface area contributed by atoms with E-state index in [-0.39, 0.29) is 28.8 Å². The van der Waals surface area contributed by atoms with Crippen molar-refractivity contribution in [1.29, 1.82) is 0 Å². The number of nitrogens with one attached hydrogen (secondary N) is 2. The number of carbonyl (C=O) groups excluding carboxylic acids is 2. The molecular weight excluding hydrogens is 694 g/mol. The minimum Gasteiger partial charge on any atom is -0.453 e. The fourth-order valence-corrected chi connectivity index (χ4v) is 6.30. The van der Waals surface area contributed by atoms with E-state index in [0.29, 0.717) is 30.0 Å². The number of aromatic nitrogens is 1. The Morgan fingerprint density at radius 2 is 1.75 bits per heavy atom. The Kier molecular flexibility index (Phi) is 14.0. The van der Waals surface area contributed by atoms with Gasteiger partial charge in [-0.05, 0) is 78.4 Å². The SMILES string of the molecule is C#C.CCS(=O)(=O)c1ccc(NC(=O)OC)cc1[C@H]1CCCN1C(=O)CNc1ccc2c(N)nccc2c1.FC(F)C(F)(F)Oc1ccccc1. The fraction of sp³-hybridized carbons (Fsp3) is 0.286. The number of ether oxygens (including phenoxy) is 2. The highest BCUT2D eigenvalue weighted by molar-refractivity contribution is 7.91. The second-order valence-electron chi connectivity index (χ2n) is 10.8. The molecule has 3 aromatic carbocycles. The Morgan fingerprint density at radius 3 is 2.39 bits per heavy atom. The minimum absolute atomic E-state index is 0.0402. The molecular formula is C35H37F4N5O6S. The van der Waals surface area contributed by atoms with Crippen LogP contribution in [-0.4, -0.2) is 68.8 Å². The van der Waals surface area contributed by atoms with E-state index in [2.05, 4.69) is 37.9 Å². The van der Waals surface area contributed by atoms with Crippen LogP contribution in [0.2, 0.25) is 0 Å². The van der Waals surface area contributed by atoms with Crippen LogP contribution >= 0.6 is 0 Å². The monoisotopic (exact) mass is 731 g/mol. The molecule has 1 saturated heterocycles. The number of likely N-dealkylation sites (tertiary alicyclic amines) is 1. The van der Waals surface area contributed by atoms with E-state index in [1.54, 1.807) is 30.2 Å². The molecule has 1 aliphatic heterocycles. The number of nitrogen functional groups attached to an aromatic ring is 1. The molecule has 0 spiro atoms. The predicted molar refractivity (Wildman–Crippen MR) is 186 cm³/mol. The summed E-state index contributed by atoms with van der Waals surface area (Å²) in [6, 6.07) is 18.4. The van der Waals surface area contributed by atoms with Gasteiger partial charge in [-0.3, -0.25) is 10.1 Å². The molecule has 16 heteroatoms. The number of carbonyl (C=O) groups is 2. The zero-order valence-electron chi connectivity index (χ0n) is 27.7. The van der Waals surface area contributed by atoms with Crippen molar-refractivity contribution in [2.24, 2.45) is 0 Å². The summed E-state index contributed by atoms with van der Waals surface area (Å²) in [5, 5.41) is 7.48. The first kappa shape index (κ1) is 39.9. The first-order chi connectivity index (χ1) is 24.3. The molecule has 1 aliphatic rings. The third-order valence-electron chi connectivity index (χ3n) is 7.58. The molecule has 0 radical (unpaired) electrons. The lowest BCUT2D eigenvalue weighted by Crippen LogP contribution is -2.35. The summed E-state index contributed by atoms with van der Waals surface area (Å²) >= 11 is 0. The summed E-state index contributed by atoms with van der Waals surface area (Å²) in [7, 11) is -2.31. The Balaban J connectivity index is 0.000000393. The van der Waals surface area contributed by atoms with E-state index in [1.807, 2.05) is 24.3 Å². The largest absolute Gasteiger partial charge is 0.461 e. The molecule has 1 aromatic heterocycles. The van der Waals surface area contributed by atoms with E-state index in [4.69, 9.17) is 5.73 Å². The molecule has 4 N–H and O–H groups in total. The van der Waals surface area contributed by atoms with Crippen LogP contribution in [0.5, 0.6) is 5.75 Å². The highest BCUT2D eigenvalue weighted by Crippen LogP contribution is 2.37. The molecule has 0 unspecified atom stereocenters. The first-order valence-corrected chi connectivity index (χ1v) is 17.0. The first-order valence-electron chi connectivity index (χ1n) is 15.4.